The minimum Gasteiger partial charge on any atom is -0.329 e. The van der Waals surface area contributed by atoms with E-state index in [9.17, 15) is 8.42 Å². The molecular weight excluding hydrogens is 210 g/mol. The lowest BCUT2D eigenvalue weighted by Gasteiger charge is -2.14. The van der Waals surface area contributed by atoms with E-state index < -0.39 is 14.6 Å². The van der Waals surface area contributed by atoms with Crippen LogP contribution in [0.2, 0.25) is 0 Å². The number of benzene rings is 1. The standard InChI is InChI=1S/C11H15NO2S/c1-9-3-2-4-10(7-9)15(13,14)11(8-12)5-6-11/h2-4,7H,5-6,8,12H2,1H3. The highest BCUT2D eigenvalue weighted by Gasteiger charge is 2.53. The van der Waals surface area contributed by atoms with Crippen molar-refractivity contribution in [3.8, 4) is 0 Å². The number of sulfone groups is 1. The lowest BCUT2D eigenvalue weighted by atomic mass is 10.2. The van der Waals surface area contributed by atoms with Gasteiger partial charge in [-0.05, 0) is 37.5 Å². The summed E-state index contributed by atoms with van der Waals surface area (Å²) in [5.74, 6) is 0. The molecule has 1 aromatic carbocycles. The zero-order chi connectivity index (χ0) is 11.1. The van der Waals surface area contributed by atoms with Crippen molar-refractivity contribution in [1.82, 2.24) is 0 Å². The Labute approximate surface area is 90.2 Å². The summed E-state index contributed by atoms with van der Waals surface area (Å²) in [5, 5.41) is 0. The zero-order valence-corrected chi connectivity index (χ0v) is 9.55. The molecule has 4 heteroatoms. The van der Waals surface area contributed by atoms with Crippen molar-refractivity contribution >= 4 is 9.84 Å². The molecule has 2 N–H and O–H groups in total. The van der Waals surface area contributed by atoms with E-state index in [1.807, 2.05) is 13.0 Å². The fourth-order valence-corrected chi connectivity index (χ4v) is 3.71. The van der Waals surface area contributed by atoms with Crippen LogP contribution in [-0.4, -0.2) is 19.7 Å². The van der Waals surface area contributed by atoms with Gasteiger partial charge in [-0.15, -0.1) is 0 Å². The highest BCUT2D eigenvalue weighted by molar-refractivity contribution is 7.93. The Morgan fingerprint density at radius 1 is 1.40 bits per heavy atom. The highest BCUT2D eigenvalue weighted by atomic mass is 32.2. The van der Waals surface area contributed by atoms with Crippen molar-refractivity contribution < 1.29 is 8.42 Å². The summed E-state index contributed by atoms with van der Waals surface area (Å²) < 4.78 is 23.8. The van der Waals surface area contributed by atoms with Crippen molar-refractivity contribution in [1.29, 1.82) is 0 Å². The van der Waals surface area contributed by atoms with Gasteiger partial charge in [-0.3, -0.25) is 0 Å². The third-order valence-corrected chi connectivity index (χ3v) is 5.64. The second kappa shape index (κ2) is 3.32. The summed E-state index contributed by atoms with van der Waals surface area (Å²) in [6.45, 7) is 2.12. The molecule has 0 unspecified atom stereocenters. The number of rotatable bonds is 3. The first-order valence-electron chi connectivity index (χ1n) is 5.03. The van der Waals surface area contributed by atoms with E-state index in [4.69, 9.17) is 5.73 Å². The first-order chi connectivity index (χ1) is 7.02. The van der Waals surface area contributed by atoms with Crippen LogP contribution in [-0.2, 0) is 9.84 Å². The van der Waals surface area contributed by atoms with Crippen LogP contribution in [0.15, 0.2) is 29.2 Å². The SMILES string of the molecule is Cc1cccc(S(=O)(=O)C2(CN)CC2)c1. The number of hydrogen-bond acceptors (Lipinski definition) is 3. The minimum atomic E-state index is -3.22. The van der Waals surface area contributed by atoms with E-state index in [0.29, 0.717) is 17.7 Å². The van der Waals surface area contributed by atoms with Gasteiger partial charge in [0.15, 0.2) is 9.84 Å². The molecule has 2 rings (SSSR count). The Bertz CT molecular complexity index is 475. The third kappa shape index (κ3) is 1.58. The van der Waals surface area contributed by atoms with E-state index in [2.05, 4.69) is 0 Å². The van der Waals surface area contributed by atoms with Crippen LogP contribution in [0.3, 0.4) is 0 Å². The summed E-state index contributed by atoms with van der Waals surface area (Å²) in [6.07, 6.45) is 1.39. The van der Waals surface area contributed by atoms with Crippen LogP contribution in [0.25, 0.3) is 0 Å². The minimum absolute atomic E-state index is 0.225. The predicted octanol–water partition coefficient (Wildman–Crippen LogP) is 1.26. The van der Waals surface area contributed by atoms with E-state index in [1.165, 1.54) is 0 Å². The van der Waals surface area contributed by atoms with Crippen molar-refractivity contribution in [3.63, 3.8) is 0 Å². The van der Waals surface area contributed by atoms with Crippen LogP contribution in [0.4, 0.5) is 0 Å². The van der Waals surface area contributed by atoms with Crippen LogP contribution in [0, 0.1) is 6.92 Å². The fourth-order valence-electron chi connectivity index (χ4n) is 1.75. The maximum atomic E-state index is 12.2. The maximum Gasteiger partial charge on any atom is 0.185 e. The maximum absolute atomic E-state index is 12.2. The normalized spacial score (nSPS) is 18.8. The van der Waals surface area contributed by atoms with Crippen molar-refractivity contribution in [3.05, 3.63) is 29.8 Å². The molecule has 0 aromatic heterocycles. The predicted molar refractivity (Wildman–Crippen MR) is 59.4 cm³/mol. The largest absolute Gasteiger partial charge is 0.329 e. The zero-order valence-electron chi connectivity index (χ0n) is 8.73. The second-order valence-corrected chi connectivity index (χ2v) is 6.55. The molecule has 82 valence electrons. The van der Waals surface area contributed by atoms with Crippen molar-refractivity contribution in [2.45, 2.75) is 29.4 Å². The summed E-state index contributed by atoms with van der Waals surface area (Å²) in [4.78, 5) is 0.408. The summed E-state index contributed by atoms with van der Waals surface area (Å²) in [5.41, 5.74) is 6.51. The Morgan fingerprint density at radius 3 is 2.53 bits per heavy atom. The molecule has 0 bridgehead atoms. The van der Waals surface area contributed by atoms with Crippen LogP contribution >= 0.6 is 0 Å². The fraction of sp³-hybridized carbons (Fsp3) is 0.455. The van der Waals surface area contributed by atoms with Gasteiger partial charge in [0.1, 0.15) is 0 Å². The van der Waals surface area contributed by atoms with E-state index in [-0.39, 0.29) is 6.54 Å². The third-order valence-electron chi connectivity index (χ3n) is 3.05. The second-order valence-electron chi connectivity index (χ2n) is 4.21. The Morgan fingerprint density at radius 2 is 2.07 bits per heavy atom. The average Bonchev–Trinajstić information content (AvgIpc) is 2.98. The van der Waals surface area contributed by atoms with Crippen molar-refractivity contribution in [2.75, 3.05) is 6.54 Å². The summed E-state index contributed by atoms with van der Waals surface area (Å²) >= 11 is 0. The van der Waals surface area contributed by atoms with E-state index >= 15 is 0 Å². The first kappa shape index (κ1) is 10.6. The van der Waals surface area contributed by atoms with Gasteiger partial charge >= 0.3 is 0 Å². The lowest BCUT2D eigenvalue weighted by molar-refractivity contribution is 0.577. The van der Waals surface area contributed by atoms with Crippen molar-refractivity contribution in [2.24, 2.45) is 5.73 Å². The van der Waals surface area contributed by atoms with E-state index in [0.717, 1.165) is 5.56 Å². The molecule has 1 aromatic rings. The Balaban J connectivity index is 2.47. The van der Waals surface area contributed by atoms with Gasteiger partial charge in [-0.1, -0.05) is 12.1 Å². The van der Waals surface area contributed by atoms with Crippen LogP contribution < -0.4 is 5.73 Å². The average molecular weight is 225 g/mol. The summed E-state index contributed by atoms with van der Waals surface area (Å²) in [6, 6.07) is 7.03. The molecule has 0 heterocycles. The molecule has 0 aliphatic heterocycles. The van der Waals surface area contributed by atoms with Gasteiger partial charge < -0.3 is 5.73 Å². The van der Waals surface area contributed by atoms with E-state index in [1.54, 1.807) is 18.2 Å². The smallest absolute Gasteiger partial charge is 0.185 e. The molecule has 1 aliphatic rings. The number of nitrogens with two attached hydrogens (primary N) is 1. The first-order valence-corrected chi connectivity index (χ1v) is 6.52. The van der Waals surface area contributed by atoms with Gasteiger partial charge in [0.05, 0.1) is 9.64 Å². The molecule has 1 aliphatic carbocycles. The quantitative estimate of drug-likeness (QED) is 0.842. The Kier molecular flexibility index (Phi) is 2.35. The molecule has 1 fully saturated rings. The van der Waals surface area contributed by atoms with Gasteiger partial charge in [0, 0.05) is 6.54 Å². The lowest BCUT2D eigenvalue weighted by Crippen LogP contribution is -2.31. The molecule has 3 nitrogen and oxygen atoms in total. The molecule has 0 amide bonds. The molecular formula is C11H15NO2S. The number of aryl methyl sites for hydroxylation is 1. The van der Waals surface area contributed by atoms with Crippen LogP contribution in [0.5, 0.6) is 0 Å². The van der Waals surface area contributed by atoms with Gasteiger partial charge in [-0.25, -0.2) is 8.42 Å². The van der Waals surface area contributed by atoms with Crippen LogP contribution in [0.1, 0.15) is 18.4 Å². The van der Waals surface area contributed by atoms with Gasteiger partial charge in [0.2, 0.25) is 0 Å². The monoisotopic (exact) mass is 225 g/mol. The highest BCUT2D eigenvalue weighted by Crippen LogP contribution is 2.45. The van der Waals surface area contributed by atoms with Gasteiger partial charge in [-0.2, -0.15) is 0 Å². The molecule has 0 radical (unpaired) electrons. The molecule has 1 saturated carbocycles. The Hall–Kier alpha value is -0.870. The number of hydrogen-bond donors (Lipinski definition) is 1. The summed E-state index contributed by atoms with van der Waals surface area (Å²) in [7, 11) is -3.22. The molecule has 0 spiro atoms. The molecule has 0 saturated heterocycles. The molecule has 15 heavy (non-hydrogen) atoms. The molecule has 0 atom stereocenters. The van der Waals surface area contributed by atoms with Gasteiger partial charge in [0.25, 0.3) is 0 Å². The topological polar surface area (TPSA) is 60.2 Å².